The molecule has 1 fully saturated rings. The smallest absolute Gasteiger partial charge is 0.325 e. The molecule has 23 heavy (non-hydrogen) atoms. The van der Waals surface area contributed by atoms with Crippen LogP contribution in [0.5, 0.6) is 5.75 Å². The SMILES string of the molecule is O=C(CN1CCCCCC1=O)OCCOc1c(Cl)cccc1Cl. The van der Waals surface area contributed by atoms with Gasteiger partial charge in [0.15, 0.2) is 5.75 Å². The van der Waals surface area contributed by atoms with Gasteiger partial charge in [-0.15, -0.1) is 0 Å². The number of rotatable bonds is 6. The van der Waals surface area contributed by atoms with E-state index in [9.17, 15) is 9.59 Å². The fourth-order valence-electron chi connectivity index (χ4n) is 2.33. The molecule has 0 unspecified atom stereocenters. The van der Waals surface area contributed by atoms with Crippen LogP contribution >= 0.6 is 23.2 Å². The molecule has 1 saturated heterocycles. The standard InChI is InChI=1S/C16H19Cl2NO4/c17-12-5-4-6-13(18)16(12)23-10-9-22-15(21)11-19-8-3-1-2-7-14(19)20/h4-6H,1-3,7-11H2. The summed E-state index contributed by atoms with van der Waals surface area (Å²) < 4.78 is 10.5. The van der Waals surface area contributed by atoms with E-state index in [1.165, 1.54) is 0 Å². The van der Waals surface area contributed by atoms with E-state index in [1.807, 2.05) is 0 Å². The van der Waals surface area contributed by atoms with Crippen LogP contribution in [0.1, 0.15) is 25.7 Å². The predicted octanol–water partition coefficient (Wildman–Crippen LogP) is 3.32. The van der Waals surface area contributed by atoms with Crippen LogP contribution in [0, 0.1) is 0 Å². The Morgan fingerprint density at radius 1 is 1.13 bits per heavy atom. The molecule has 1 aromatic rings. The van der Waals surface area contributed by atoms with E-state index in [0.717, 1.165) is 19.3 Å². The Kier molecular flexibility index (Phi) is 6.99. The Labute approximate surface area is 145 Å². The lowest BCUT2D eigenvalue weighted by molar-refractivity contribution is -0.149. The van der Waals surface area contributed by atoms with Gasteiger partial charge >= 0.3 is 5.97 Å². The molecule has 1 aliphatic rings. The van der Waals surface area contributed by atoms with Crippen molar-refractivity contribution in [2.75, 3.05) is 26.3 Å². The van der Waals surface area contributed by atoms with E-state index < -0.39 is 5.97 Å². The van der Waals surface area contributed by atoms with Gasteiger partial charge in [-0.1, -0.05) is 35.7 Å². The van der Waals surface area contributed by atoms with Crippen molar-refractivity contribution in [3.8, 4) is 5.75 Å². The number of benzene rings is 1. The van der Waals surface area contributed by atoms with Crippen molar-refractivity contribution in [2.45, 2.75) is 25.7 Å². The summed E-state index contributed by atoms with van der Waals surface area (Å²) in [6, 6.07) is 5.05. The lowest BCUT2D eigenvalue weighted by atomic mass is 10.2. The third-order valence-electron chi connectivity index (χ3n) is 3.50. The number of carbonyl (C=O) groups is 2. The maximum Gasteiger partial charge on any atom is 0.325 e. The van der Waals surface area contributed by atoms with Crippen LogP contribution in [0.25, 0.3) is 0 Å². The molecule has 1 aromatic carbocycles. The number of amides is 1. The number of esters is 1. The molecular weight excluding hydrogens is 341 g/mol. The molecule has 1 heterocycles. The van der Waals surface area contributed by atoms with Crippen molar-refractivity contribution in [3.05, 3.63) is 28.2 Å². The van der Waals surface area contributed by atoms with E-state index >= 15 is 0 Å². The first-order chi connectivity index (χ1) is 11.1. The first-order valence-electron chi connectivity index (χ1n) is 7.58. The number of hydrogen-bond donors (Lipinski definition) is 0. The second-order valence-corrected chi connectivity index (χ2v) is 6.06. The number of ether oxygens (including phenoxy) is 2. The molecule has 0 aromatic heterocycles. The van der Waals surface area contributed by atoms with Gasteiger partial charge in [-0.2, -0.15) is 0 Å². The van der Waals surface area contributed by atoms with Gasteiger partial charge in [-0.05, 0) is 25.0 Å². The van der Waals surface area contributed by atoms with Crippen LogP contribution in [-0.2, 0) is 14.3 Å². The average Bonchev–Trinajstić information content (AvgIpc) is 2.71. The summed E-state index contributed by atoms with van der Waals surface area (Å²) in [5, 5.41) is 0.804. The van der Waals surface area contributed by atoms with Crippen molar-refractivity contribution in [1.29, 1.82) is 0 Å². The molecule has 5 nitrogen and oxygen atoms in total. The number of carbonyl (C=O) groups excluding carboxylic acids is 2. The minimum atomic E-state index is -0.436. The Morgan fingerprint density at radius 2 is 1.87 bits per heavy atom. The molecule has 0 aliphatic carbocycles. The van der Waals surface area contributed by atoms with Gasteiger partial charge in [0.05, 0.1) is 10.0 Å². The number of nitrogens with zero attached hydrogens (tertiary/aromatic N) is 1. The highest BCUT2D eigenvalue weighted by molar-refractivity contribution is 6.37. The maximum atomic E-state index is 11.8. The Hall–Kier alpha value is -1.46. The minimum absolute atomic E-state index is 0.00825. The van der Waals surface area contributed by atoms with Crippen LogP contribution in [0.2, 0.25) is 10.0 Å². The largest absolute Gasteiger partial charge is 0.487 e. The van der Waals surface area contributed by atoms with Crippen LogP contribution in [-0.4, -0.2) is 43.1 Å². The second kappa shape index (κ2) is 8.99. The molecule has 2 rings (SSSR count). The molecule has 0 saturated carbocycles. The molecule has 1 aliphatic heterocycles. The van der Waals surface area contributed by atoms with Crippen LogP contribution in [0.15, 0.2) is 18.2 Å². The first-order valence-corrected chi connectivity index (χ1v) is 8.33. The fraction of sp³-hybridized carbons (Fsp3) is 0.500. The maximum absolute atomic E-state index is 11.8. The number of para-hydroxylation sites is 1. The second-order valence-electron chi connectivity index (χ2n) is 5.25. The number of hydrogen-bond acceptors (Lipinski definition) is 4. The van der Waals surface area contributed by atoms with E-state index in [0.29, 0.717) is 28.8 Å². The normalized spacial score (nSPS) is 15.2. The van der Waals surface area contributed by atoms with Gasteiger partial charge in [0.25, 0.3) is 0 Å². The number of likely N-dealkylation sites (tertiary alicyclic amines) is 1. The molecule has 0 atom stereocenters. The summed E-state index contributed by atoms with van der Waals surface area (Å²) in [6.07, 6.45) is 3.33. The Bertz CT molecular complexity index is 545. The highest BCUT2D eigenvalue weighted by Crippen LogP contribution is 2.32. The minimum Gasteiger partial charge on any atom is -0.487 e. The Morgan fingerprint density at radius 3 is 2.61 bits per heavy atom. The molecule has 1 amide bonds. The lowest BCUT2D eigenvalue weighted by Crippen LogP contribution is -2.36. The van der Waals surface area contributed by atoms with Gasteiger partial charge < -0.3 is 14.4 Å². The summed E-state index contributed by atoms with van der Waals surface area (Å²) in [7, 11) is 0. The zero-order valence-electron chi connectivity index (χ0n) is 12.7. The van der Waals surface area contributed by atoms with Crippen molar-refractivity contribution in [1.82, 2.24) is 4.90 Å². The highest BCUT2D eigenvalue weighted by Gasteiger charge is 2.19. The van der Waals surface area contributed by atoms with E-state index in [1.54, 1.807) is 23.1 Å². The summed E-state index contributed by atoms with van der Waals surface area (Å²) in [5.41, 5.74) is 0. The van der Waals surface area contributed by atoms with Crippen molar-refractivity contribution < 1.29 is 19.1 Å². The van der Waals surface area contributed by atoms with Gasteiger partial charge in [-0.25, -0.2) is 0 Å². The zero-order valence-corrected chi connectivity index (χ0v) is 14.2. The van der Waals surface area contributed by atoms with Gasteiger partial charge in [0, 0.05) is 13.0 Å². The molecule has 0 radical (unpaired) electrons. The van der Waals surface area contributed by atoms with Crippen LogP contribution < -0.4 is 4.74 Å². The fourth-order valence-corrected chi connectivity index (χ4v) is 2.83. The molecule has 0 bridgehead atoms. The summed E-state index contributed by atoms with van der Waals surface area (Å²) in [6.45, 7) is 0.816. The van der Waals surface area contributed by atoms with Gasteiger partial charge in [-0.3, -0.25) is 9.59 Å². The summed E-state index contributed by atoms with van der Waals surface area (Å²) in [4.78, 5) is 25.2. The first kappa shape index (κ1) is 17.9. The molecule has 126 valence electrons. The number of halogens is 2. The molecule has 0 N–H and O–H groups in total. The van der Waals surface area contributed by atoms with Gasteiger partial charge in [0.1, 0.15) is 19.8 Å². The van der Waals surface area contributed by atoms with E-state index in [2.05, 4.69) is 0 Å². The van der Waals surface area contributed by atoms with E-state index in [-0.39, 0.29) is 25.7 Å². The summed E-state index contributed by atoms with van der Waals surface area (Å²) >= 11 is 11.9. The third kappa shape index (κ3) is 5.59. The third-order valence-corrected chi connectivity index (χ3v) is 4.10. The topological polar surface area (TPSA) is 55.8 Å². The van der Waals surface area contributed by atoms with Crippen LogP contribution in [0.3, 0.4) is 0 Å². The lowest BCUT2D eigenvalue weighted by Gasteiger charge is -2.19. The van der Waals surface area contributed by atoms with Crippen molar-refractivity contribution in [2.24, 2.45) is 0 Å². The highest BCUT2D eigenvalue weighted by atomic mass is 35.5. The quantitative estimate of drug-likeness (QED) is 0.577. The van der Waals surface area contributed by atoms with Crippen molar-refractivity contribution >= 4 is 35.1 Å². The summed E-state index contributed by atoms with van der Waals surface area (Å²) in [5.74, 6) is -0.0535. The molecular formula is C16H19Cl2NO4. The average molecular weight is 360 g/mol. The zero-order chi connectivity index (χ0) is 16.7. The van der Waals surface area contributed by atoms with Gasteiger partial charge in [0.2, 0.25) is 5.91 Å². The van der Waals surface area contributed by atoms with Crippen LogP contribution in [0.4, 0.5) is 0 Å². The van der Waals surface area contributed by atoms with Crippen molar-refractivity contribution in [3.63, 3.8) is 0 Å². The molecule has 0 spiro atoms. The predicted molar refractivity (Wildman–Crippen MR) is 88.0 cm³/mol. The molecule has 7 heteroatoms. The monoisotopic (exact) mass is 359 g/mol. The van der Waals surface area contributed by atoms with E-state index in [4.69, 9.17) is 32.7 Å². The Balaban J connectivity index is 1.71.